The lowest BCUT2D eigenvalue weighted by Crippen LogP contribution is -2.06. The molecular weight excluding hydrogens is 187 g/mol. The van der Waals surface area contributed by atoms with Crippen LogP contribution >= 0.6 is 7.60 Å². The molecule has 0 aromatic heterocycles. The molecule has 0 bridgehead atoms. The zero-order valence-electron chi connectivity index (χ0n) is 7.47. The van der Waals surface area contributed by atoms with E-state index >= 15 is 0 Å². The Morgan fingerprint density at radius 1 is 1.38 bits per heavy atom. The molecule has 0 aliphatic rings. The topological polar surface area (TPSA) is 49.4 Å². The lowest BCUT2D eigenvalue weighted by molar-refractivity contribution is -0.198. The summed E-state index contributed by atoms with van der Waals surface area (Å²) in [4.78, 5) is 11.2. The fourth-order valence-corrected chi connectivity index (χ4v) is 2.19. The van der Waals surface area contributed by atoms with Gasteiger partial charge in [0.1, 0.15) is 7.60 Å². The maximum atomic E-state index is 11.2. The first kappa shape index (κ1) is 10.5. The predicted molar refractivity (Wildman–Crippen MR) is 49.4 cm³/mol. The molecule has 0 aliphatic carbocycles. The van der Waals surface area contributed by atoms with Gasteiger partial charge < -0.3 is 14.0 Å². The Morgan fingerprint density at radius 2 is 2.00 bits per heavy atom. The monoisotopic (exact) mass is 199 g/mol. The molecular formula is C9H12O3P-. The van der Waals surface area contributed by atoms with Crippen LogP contribution in [0.25, 0.3) is 0 Å². The Kier molecular flexibility index (Phi) is 3.67. The Balaban J connectivity index is 2.64. The number of benzene rings is 1. The van der Waals surface area contributed by atoms with Crippen LogP contribution in [0.3, 0.4) is 0 Å². The quantitative estimate of drug-likeness (QED) is 0.694. The first-order chi connectivity index (χ1) is 6.14. The Morgan fingerprint density at radius 3 is 2.54 bits per heavy atom. The summed E-state index contributed by atoms with van der Waals surface area (Å²) in [6.07, 6.45) is -0.0261. The molecule has 0 spiro atoms. The van der Waals surface area contributed by atoms with E-state index in [1.54, 1.807) is 31.2 Å². The predicted octanol–water partition coefficient (Wildman–Crippen LogP) is 1.78. The van der Waals surface area contributed by atoms with Crippen molar-refractivity contribution >= 4 is 7.60 Å². The van der Waals surface area contributed by atoms with E-state index in [1.165, 1.54) is 0 Å². The van der Waals surface area contributed by atoms with Gasteiger partial charge in [0, 0.05) is 6.16 Å². The van der Waals surface area contributed by atoms with Crippen molar-refractivity contribution in [2.24, 2.45) is 0 Å². The molecule has 1 aromatic carbocycles. The lowest BCUT2D eigenvalue weighted by Gasteiger charge is -2.22. The van der Waals surface area contributed by atoms with Crippen LogP contribution in [0.1, 0.15) is 12.5 Å². The highest BCUT2D eigenvalue weighted by Gasteiger charge is 2.07. The van der Waals surface area contributed by atoms with E-state index in [0.29, 0.717) is 0 Å². The maximum absolute atomic E-state index is 11.2. The van der Waals surface area contributed by atoms with Crippen molar-refractivity contribution in [3.63, 3.8) is 0 Å². The summed E-state index contributed by atoms with van der Waals surface area (Å²) in [5, 5.41) is 0. The molecule has 4 heteroatoms. The van der Waals surface area contributed by atoms with Crippen LogP contribution < -0.4 is 4.89 Å². The van der Waals surface area contributed by atoms with Crippen LogP contribution in [0, 0.1) is 0 Å². The standard InChI is InChI=1S/C9H13O3P/c1-2-12-13(10,11)8-9-6-4-3-5-7-9/h3-7H,2,8H2,1H3,(H,10,11)/p-1. The Labute approximate surface area is 77.9 Å². The highest BCUT2D eigenvalue weighted by atomic mass is 31.2. The smallest absolute Gasteiger partial charge is 0.139 e. The van der Waals surface area contributed by atoms with Crippen molar-refractivity contribution in [3.8, 4) is 0 Å². The SMILES string of the molecule is CCOP(=O)([O-])Cc1ccccc1. The zero-order chi connectivity index (χ0) is 9.73. The fraction of sp³-hybridized carbons (Fsp3) is 0.333. The summed E-state index contributed by atoms with van der Waals surface area (Å²) < 4.78 is 15.8. The molecule has 0 N–H and O–H groups in total. The van der Waals surface area contributed by atoms with Crippen molar-refractivity contribution in [1.29, 1.82) is 0 Å². The molecule has 0 aliphatic heterocycles. The van der Waals surface area contributed by atoms with Crippen molar-refractivity contribution in [1.82, 2.24) is 0 Å². The van der Waals surface area contributed by atoms with Crippen LogP contribution in [0.15, 0.2) is 30.3 Å². The minimum absolute atomic E-state index is 0.0261. The Hall–Kier alpha value is -0.630. The maximum Gasteiger partial charge on any atom is 0.139 e. The van der Waals surface area contributed by atoms with Gasteiger partial charge in [-0.25, -0.2) is 0 Å². The average molecular weight is 199 g/mol. The van der Waals surface area contributed by atoms with Crippen LogP contribution in [-0.4, -0.2) is 6.61 Å². The molecule has 0 heterocycles. The second-order valence-electron chi connectivity index (χ2n) is 2.67. The minimum atomic E-state index is -3.66. The van der Waals surface area contributed by atoms with Crippen molar-refractivity contribution in [2.75, 3.05) is 6.61 Å². The van der Waals surface area contributed by atoms with Crippen LogP contribution in [0.5, 0.6) is 0 Å². The molecule has 0 fully saturated rings. The molecule has 72 valence electrons. The second-order valence-corrected chi connectivity index (χ2v) is 4.47. The lowest BCUT2D eigenvalue weighted by atomic mass is 10.2. The first-order valence-electron chi connectivity index (χ1n) is 4.12. The van der Waals surface area contributed by atoms with Gasteiger partial charge in [0.2, 0.25) is 0 Å². The molecule has 13 heavy (non-hydrogen) atoms. The van der Waals surface area contributed by atoms with Gasteiger partial charge in [0.25, 0.3) is 0 Å². The van der Waals surface area contributed by atoms with Crippen molar-refractivity contribution < 1.29 is 14.0 Å². The molecule has 1 rings (SSSR count). The van der Waals surface area contributed by atoms with Gasteiger partial charge in [0.05, 0.1) is 6.61 Å². The number of rotatable bonds is 4. The van der Waals surface area contributed by atoms with Gasteiger partial charge in [0.15, 0.2) is 0 Å². The molecule has 0 amide bonds. The summed E-state index contributed by atoms with van der Waals surface area (Å²) in [7, 11) is -3.66. The normalized spacial score (nSPS) is 15.2. The zero-order valence-corrected chi connectivity index (χ0v) is 8.37. The van der Waals surface area contributed by atoms with E-state index in [0.717, 1.165) is 5.56 Å². The summed E-state index contributed by atoms with van der Waals surface area (Å²) in [5.74, 6) is 0. The summed E-state index contributed by atoms with van der Waals surface area (Å²) in [5.41, 5.74) is 0.759. The van der Waals surface area contributed by atoms with Crippen LogP contribution in [0.4, 0.5) is 0 Å². The van der Waals surface area contributed by atoms with Gasteiger partial charge in [-0.1, -0.05) is 30.3 Å². The average Bonchev–Trinajstić information content (AvgIpc) is 2.04. The van der Waals surface area contributed by atoms with Crippen LogP contribution in [0.2, 0.25) is 0 Å². The second kappa shape index (κ2) is 4.56. The summed E-state index contributed by atoms with van der Waals surface area (Å²) in [6, 6.07) is 9.00. The summed E-state index contributed by atoms with van der Waals surface area (Å²) >= 11 is 0. The fourth-order valence-electron chi connectivity index (χ4n) is 1.05. The van der Waals surface area contributed by atoms with E-state index in [1.807, 2.05) is 6.07 Å². The highest BCUT2D eigenvalue weighted by molar-refractivity contribution is 7.50. The molecule has 3 nitrogen and oxygen atoms in total. The number of hydrogen-bond acceptors (Lipinski definition) is 3. The van der Waals surface area contributed by atoms with E-state index in [-0.39, 0.29) is 12.8 Å². The van der Waals surface area contributed by atoms with Gasteiger partial charge in [-0.15, -0.1) is 0 Å². The highest BCUT2D eigenvalue weighted by Crippen LogP contribution is 2.40. The largest absolute Gasteiger partial charge is 0.778 e. The number of hydrogen-bond donors (Lipinski definition) is 0. The molecule has 1 aromatic rings. The van der Waals surface area contributed by atoms with E-state index in [4.69, 9.17) is 0 Å². The third-order valence-electron chi connectivity index (χ3n) is 1.54. The van der Waals surface area contributed by atoms with Crippen molar-refractivity contribution in [2.45, 2.75) is 13.1 Å². The van der Waals surface area contributed by atoms with Gasteiger partial charge in [-0.05, 0) is 12.5 Å². The Bertz CT molecular complexity index is 297. The summed E-state index contributed by atoms with van der Waals surface area (Å²) in [6.45, 7) is 1.86. The van der Waals surface area contributed by atoms with Gasteiger partial charge in [-0.2, -0.15) is 0 Å². The third kappa shape index (κ3) is 3.73. The molecule has 0 radical (unpaired) electrons. The van der Waals surface area contributed by atoms with Crippen molar-refractivity contribution in [3.05, 3.63) is 35.9 Å². The van der Waals surface area contributed by atoms with Gasteiger partial charge >= 0.3 is 0 Å². The van der Waals surface area contributed by atoms with E-state index in [9.17, 15) is 9.46 Å². The third-order valence-corrected chi connectivity index (χ3v) is 2.95. The van der Waals surface area contributed by atoms with E-state index < -0.39 is 7.60 Å². The van der Waals surface area contributed by atoms with Crippen LogP contribution in [-0.2, 0) is 15.3 Å². The molecule has 1 unspecified atom stereocenters. The van der Waals surface area contributed by atoms with Gasteiger partial charge in [-0.3, -0.25) is 0 Å². The van der Waals surface area contributed by atoms with E-state index in [2.05, 4.69) is 4.52 Å². The minimum Gasteiger partial charge on any atom is -0.778 e. The molecule has 1 atom stereocenters. The molecule has 0 saturated heterocycles. The first-order valence-corrected chi connectivity index (χ1v) is 5.85. The molecule has 0 saturated carbocycles.